The molecule has 0 radical (unpaired) electrons. The molecule has 7 heteroatoms. The van der Waals surface area contributed by atoms with E-state index in [0.717, 1.165) is 0 Å². The van der Waals surface area contributed by atoms with E-state index >= 15 is 0 Å². The van der Waals surface area contributed by atoms with Gasteiger partial charge in [0.15, 0.2) is 5.60 Å². The Morgan fingerprint density at radius 3 is 2.29 bits per heavy atom. The molecule has 0 amide bonds. The molecule has 0 aliphatic carbocycles. The number of Topliss-reactive ketones (excluding diaryl/α,β-unsaturated/α-hetero) is 1. The van der Waals surface area contributed by atoms with Crippen LogP contribution in [0.2, 0.25) is 0 Å². The lowest BCUT2D eigenvalue weighted by atomic mass is 9.95. The van der Waals surface area contributed by atoms with Crippen LogP contribution in [-0.2, 0) is 19.6 Å². The molecule has 0 atom stereocenters. The van der Waals surface area contributed by atoms with E-state index in [1.54, 1.807) is 50.4 Å². The normalized spacial score (nSPS) is 17.0. The highest BCUT2D eigenvalue weighted by Gasteiger charge is 2.43. The van der Waals surface area contributed by atoms with Gasteiger partial charge in [0.1, 0.15) is 5.76 Å². The summed E-state index contributed by atoms with van der Waals surface area (Å²) in [5, 5.41) is 5.11. The van der Waals surface area contributed by atoms with Crippen molar-refractivity contribution in [1.29, 1.82) is 0 Å². The maximum absolute atomic E-state index is 12.7. The molecule has 0 saturated heterocycles. The Morgan fingerprint density at radius 2 is 1.75 bits per heavy atom. The zero-order valence-electron chi connectivity index (χ0n) is 13.2. The van der Waals surface area contributed by atoms with E-state index in [9.17, 15) is 13.2 Å². The first-order valence-electron chi connectivity index (χ1n) is 7.23. The van der Waals surface area contributed by atoms with E-state index in [2.05, 4.69) is 4.98 Å². The lowest BCUT2D eigenvalue weighted by Gasteiger charge is -2.17. The average molecular weight is 344 g/mol. The fourth-order valence-electron chi connectivity index (χ4n) is 2.50. The molecular weight excluding hydrogens is 328 g/mol. The Morgan fingerprint density at radius 1 is 1.08 bits per heavy atom. The number of nitrogens with two attached hydrogens (primary N) is 1. The number of aromatic nitrogens is 1. The summed E-state index contributed by atoms with van der Waals surface area (Å²) < 4.78 is 28.6. The molecule has 1 aromatic carbocycles. The summed E-state index contributed by atoms with van der Waals surface area (Å²) in [6.07, 6.45) is 1.60. The fourth-order valence-corrected chi connectivity index (χ4v) is 3.01. The van der Waals surface area contributed by atoms with Gasteiger partial charge in [0, 0.05) is 11.8 Å². The molecule has 2 N–H and O–H groups in total. The zero-order chi connectivity index (χ0) is 17.5. The minimum atomic E-state index is -3.78. The second-order valence-corrected chi connectivity index (χ2v) is 7.49. The van der Waals surface area contributed by atoms with E-state index in [0.29, 0.717) is 22.6 Å². The van der Waals surface area contributed by atoms with E-state index in [1.165, 1.54) is 12.1 Å². The van der Waals surface area contributed by atoms with Crippen molar-refractivity contribution in [3.63, 3.8) is 0 Å². The van der Waals surface area contributed by atoms with Crippen LogP contribution in [0.15, 0.2) is 53.6 Å². The van der Waals surface area contributed by atoms with E-state index in [1.807, 2.05) is 0 Å². The number of carbonyl (C=O) groups is 1. The monoisotopic (exact) mass is 344 g/mol. The summed E-state index contributed by atoms with van der Waals surface area (Å²) in [7, 11) is -3.78. The minimum absolute atomic E-state index is 0.00480. The Kier molecular flexibility index (Phi) is 3.77. The molecular formula is C17H16N2O4S. The molecule has 1 aromatic heterocycles. The number of hydrogen-bond donors (Lipinski definition) is 1. The molecule has 0 saturated carbocycles. The number of pyridine rings is 1. The van der Waals surface area contributed by atoms with E-state index in [-0.39, 0.29) is 10.7 Å². The highest BCUT2D eigenvalue weighted by molar-refractivity contribution is 7.89. The van der Waals surface area contributed by atoms with Gasteiger partial charge in [-0.05, 0) is 50.2 Å². The number of nitrogens with zero attached hydrogens (tertiary/aromatic N) is 1. The topological polar surface area (TPSA) is 99.3 Å². The molecule has 1 aliphatic rings. The highest BCUT2D eigenvalue weighted by atomic mass is 32.2. The quantitative estimate of drug-likeness (QED) is 0.918. The molecule has 0 bridgehead atoms. The molecule has 0 fully saturated rings. The summed E-state index contributed by atoms with van der Waals surface area (Å²) in [5.74, 6) is 0.205. The van der Waals surface area contributed by atoms with Gasteiger partial charge < -0.3 is 4.74 Å². The van der Waals surface area contributed by atoms with Gasteiger partial charge in [0.05, 0.1) is 16.2 Å². The molecule has 0 unspecified atom stereocenters. The second kappa shape index (κ2) is 5.54. The number of primary sulfonamides is 1. The number of ether oxygens (including phenoxy) is 1. The lowest BCUT2D eigenvalue weighted by Crippen LogP contribution is -2.29. The summed E-state index contributed by atoms with van der Waals surface area (Å²) in [6.45, 7) is 3.37. The number of ketones is 1. The first kappa shape index (κ1) is 16.4. The zero-order valence-corrected chi connectivity index (χ0v) is 14.0. The van der Waals surface area contributed by atoms with E-state index < -0.39 is 15.6 Å². The molecule has 3 rings (SSSR count). The summed E-state index contributed by atoms with van der Waals surface area (Å²) in [6, 6.07) is 11.2. The van der Waals surface area contributed by atoms with Gasteiger partial charge in [-0.1, -0.05) is 6.07 Å². The standard InChI is InChI=1S/C17H16N2O4S/c1-17(2)16(20)14(13-5-3-4-10-19-13)15(23-17)11-6-8-12(9-7-11)24(18,21)22/h3-10H,1-2H3,(H2,18,21,22). The smallest absolute Gasteiger partial charge is 0.238 e. The summed E-state index contributed by atoms with van der Waals surface area (Å²) in [5.41, 5.74) is 0.463. The van der Waals surface area contributed by atoms with Crippen LogP contribution in [0.3, 0.4) is 0 Å². The predicted molar refractivity (Wildman–Crippen MR) is 89.0 cm³/mol. The van der Waals surface area contributed by atoms with E-state index in [4.69, 9.17) is 9.88 Å². The van der Waals surface area contributed by atoms with Crippen molar-refractivity contribution in [3.05, 3.63) is 59.9 Å². The number of hydrogen-bond acceptors (Lipinski definition) is 5. The largest absolute Gasteiger partial charge is 0.478 e. The SMILES string of the molecule is CC1(C)OC(c2ccc(S(N)(=O)=O)cc2)=C(c2ccccn2)C1=O. The lowest BCUT2D eigenvalue weighted by molar-refractivity contribution is -0.125. The number of benzene rings is 1. The molecule has 1 aliphatic heterocycles. The van der Waals surface area contributed by atoms with Crippen molar-refractivity contribution in [2.24, 2.45) is 5.14 Å². The van der Waals surface area contributed by atoms with Crippen molar-refractivity contribution in [1.82, 2.24) is 4.98 Å². The van der Waals surface area contributed by atoms with Crippen LogP contribution in [0.25, 0.3) is 11.3 Å². The molecule has 2 aromatic rings. The van der Waals surface area contributed by atoms with Gasteiger partial charge in [0.25, 0.3) is 0 Å². The fraction of sp³-hybridized carbons (Fsp3) is 0.176. The van der Waals surface area contributed by atoms with Crippen LogP contribution >= 0.6 is 0 Å². The maximum atomic E-state index is 12.7. The Balaban J connectivity index is 2.15. The number of sulfonamides is 1. The average Bonchev–Trinajstić information content (AvgIpc) is 2.78. The predicted octanol–water partition coefficient (Wildman–Crippen LogP) is 1.98. The molecule has 124 valence electrons. The van der Waals surface area contributed by atoms with Crippen molar-refractivity contribution in [3.8, 4) is 0 Å². The van der Waals surface area contributed by atoms with Crippen molar-refractivity contribution in [2.75, 3.05) is 0 Å². The third-order valence-electron chi connectivity index (χ3n) is 3.72. The van der Waals surface area contributed by atoms with Crippen LogP contribution in [0.1, 0.15) is 25.1 Å². The summed E-state index contributed by atoms with van der Waals surface area (Å²) in [4.78, 5) is 16.9. The summed E-state index contributed by atoms with van der Waals surface area (Å²) >= 11 is 0. The third kappa shape index (κ3) is 2.83. The number of rotatable bonds is 3. The van der Waals surface area contributed by atoms with Crippen LogP contribution in [-0.4, -0.2) is 24.8 Å². The van der Waals surface area contributed by atoms with Gasteiger partial charge in [-0.15, -0.1) is 0 Å². The first-order chi connectivity index (χ1) is 11.2. The van der Waals surface area contributed by atoms with Crippen LogP contribution < -0.4 is 5.14 Å². The van der Waals surface area contributed by atoms with Gasteiger partial charge in [-0.3, -0.25) is 9.78 Å². The van der Waals surface area contributed by atoms with Gasteiger partial charge in [-0.25, -0.2) is 13.6 Å². The molecule has 6 nitrogen and oxygen atoms in total. The Bertz CT molecular complexity index is 930. The first-order valence-corrected chi connectivity index (χ1v) is 8.77. The number of carbonyl (C=O) groups excluding carboxylic acids is 1. The Hall–Kier alpha value is -2.51. The van der Waals surface area contributed by atoms with Crippen molar-refractivity contribution >= 4 is 27.1 Å². The van der Waals surface area contributed by atoms with Crippen LogP contribution in [0.4, 0.5) is 0 Å². The minimum Gasteiger partial charge on any atom is -0.478 e. The van der Waals surface area contributed by atoms with Gasteiger partial charge >= 0.3 is 0 Å². The molecule has 24 heavy (non-hydrogen) atoms. The van der Waals surface area contributed by atoms with Crippen LogP contribution in [0.5, 0.6) is 0 Å². The second-order valence-electron chi connectivity index (χ2n) is 5.93. The molecule has 2 heterocycles. The van der Waals surface area contributed by atoms with Crippen molar-refractivity contribution in [2.45, 2.75) is 24.3 Å². The van der Waals surface area contributed by atoms with Gasteiger partial charge in [0.2, 0.25) is 15.8 Å². The van der Waals surface area contributed by atoms with Crippen molar-refractivity contribution < 1.29 is 17.9 Å². The highest BCUT2D eigenvalue weighted by Crippen LogP contribution is 2.40. The Labute approximate surface area is 140 Å². The third-order valence-corrected chi connectivity index (χ3v) is 4.65. The molecule has 0 spiro atoms. The van der Waals surface area contributed by atoms with Gasteiger partial charge in [-0.2, -0.15) is 0 Å². The van der Waals surface area contributed by atoms with Crippen LogP contribution in [0, 0.1) is 0 Å². The maximum Gasteiger partial charge on any atom is 0.238 e.